The van der Waals surface area contributed by atoms with E-state index in [-0.39, 0.29) is 23.2 Å². The number of aliphatic hydroxyl groups is 1. The third-order valence-electron chi connectivity index (χ3n) is 4.34. The number of rotatable bonds is 5. The Morgan fingerprint density at radius 2 is 2.18 bits per heavy atom. The molecule has 1 heterocycles. The fourth-order valence-corrected chi connectivity index (χ4v) is 4.14. The summed E-state index contributed by atoms with van der Waals surface area (Å²) in [6.45, 7) is 3.44. The second-order valence-electron chi connectivity index (χ2n) is 5.93. The predicted octanol–water partition coefficient (Wildman–Crippen LogP) is 1.42. The average Bonchev–Trinajstić information content (AvgIpc) is 2.54. The standard InChI is InChI=1S/C16H22N2O3S/c1-13-5-6-15(12-19)11-18(13)7-8-22(20,21)16-4-2-3-14(9-16)10-17/h2-4,9,13,15,19H,5-8,11-12H2,1H3/t13-,15-/m1/s1. The molecule has 0 aromatic heterocycles. The van der Waals surface area contributed by atoms with Crippen LogP contribution in [-0.4, -0.2) is 49.9 Å². The van der Waals surface area contributed by atoms with Gasteiger partial charge in [-0.3, -0.25) is 4.90 Å². The van der Waals surface area contributed by atoms with Gasteiger partial charge in [0.15, 0.2) is 9.84 Å². The predicted molar refractivity (Wildman–Crippen MR) is 84.1 cm³/mol. The van der Waals surface area contributed by atoms with E-state index in [1.165, 1.54) is 12.1 Å². The van der Waals surface area contributed by atoms with E-state index in [2.05, 4.69) is 11.8 Å². The molecule has 0 saturated carbocycles. The summed E-state index contributed by atoms with van der Waals surface area (Å²) in [6, 6.07) is 8.44. The highest BCUT2D eigenvalue weighted by molar-refractivity contribution is 7.91. The van der Waals surface area contributed by atoms with Crippen molar-refractivity contribution >= 4 is 9.84 Å². The largest absolute Gasteiger partial charge is 0.396 e. The van der Waals surface area contributed by atoms with Crippen LogP contribution in [0.2, 0.25) is 0 Å². The van der Waals surface area contributed by atoms with Crippen LogP contribution in [0.1, 0.15) is 25.3 Å². The molecule has 0 spiro atoms. The van der Waals surface area contributed by atoms with Crippen molar-refractivity contribution in [3.63, 3.8) is 0 Å². The normalized spacial score (nSPS) is 23.1. The number of sulfone groups is 1. The van der Waals surface area contributed by atoms with Gasteiger partial charge in [-0.05, 0) is 43.9 Å². The number of benzene rings is 1. The highest BCUT2D eigenvalue weighted by Gasteiger charge is 2.26. The Morgan fingerprint density at radius 1 is 1.41 bits per heavy atom. The third-order valence-corrected chi connectivity index (χ3v) is 6.03. The summed E-state index contributed by atoms with van der Waals surface area (Å²) in [5.74, 6) is 0.269. The number of nitriles is 1. The average molecular weight is 322 g/mol. The molecule has 1 N–H and O–H groups in total. The van der Waals surface area contributed by atoms with E-state index in [1.54, 1.807) is 12.1 Å². The number of piperidine rings is 1. The molecular weight excluding hydrogens is 300 g/mol. The van der Waals surface area contributed by atoms with Crippen LogP contribution in [0.25, 0.3) is 0 Å². The quantitative estimate of drug-likeness (QED) is 0.887. The topological polar surface area (TPSA) is 81.4 Å². The highest BCUT2D eigenvalue weighted by atomic mass is 32.2. The molecule has 1 aliphatic heterocycles. The molecule has 6 heteroatoms. The third kappa shape index (κ3) is 4.07. The van der Waals surface area contributed by atoms with E-state index in [0.29, 0.717) is 18.2 Å². The van der Waals surface area contributed by atoms with Crippen LogP contribution in [0.5, 0.6) is 0 Å². The Kier molecular flexibility index (Phi) is 5.57. The van der Waals surface area contributed by atoms with Crippen molar-refractivity contribution in [2.75, 3.05) is 25.4 Å². The van der Waals surface area contributed by atoms with Gasteiger partial charge in [-0.15, -0.1) is 0 Å². The molecule has 1 aromatic carbocycles. The van der Waals surface area contributed by atoms with Crippen molar-refractivity contribution < 1.29 is 13.5 Å². The summed E-state index contributed by atoms with van der Waals surface area (Å²) in [6.07, 6.45) is 1.97. The zero-order valence-electron chi connectivity index (χ0n) is 12.8. The van der Waals surface area contributed by atoms with E-state index >= 15 is 0 Å². The maximum absolute atomic E-state index is 12.4. The summed E-state index contributed by atoms with van der Waals surface area (Å²) < 4.78 is 24.8. The van der Waals surface area contributed by atoms with Gasteiger partial charge in [0.2, 0.25) is 0 Å². The van der Waals surface area contributed by atoms with Gasteiger partial charge < -0.3 is 5.11 Å². The smallest absolute Gasteiger partial charge is 0.179 e. The van der Waals surface area contributed by atoms with Crippen LogP contribution in [0.15, 0.2) is 29.2 Å². The van der Waals surface area contributed by atoms with Crippen molar-refractivity contribution in [2.24, 2.45) is 5.92 Å². The van der Waals surface area contributed by atoms with Crippen molar-refractivity contribution in [2.45, 2.75) is 30.7 Å². The molecule has 2 rings (SSSR count). The number of likely N-dealkylation sites (tertiary alicyclic amines) is 1. The van der Waals surface area contributed by atoms with E-state index in [0.717, 1.165) is 19.4 Å². The van der Waals surface area contributed by atoms with Crippen LogP contribution in [0.3, 0.4) is 0 Å². The maximum Gasteiger partial charge on any atom is 0.179 e. The summed E-state index contributed by atoms with van der Waals surface area (Å²) in [7, 11) is -3.40. The molecule has 0 aliphatic carbocycles. The Balaban J connectivity index is 2.04. The maximum atomic E-state index is 12.4. The molecule has 0 amide bonds. The van der Waals surface area contributed by atoms with Gasteiger partial charge in [0.25, 0.3) is 0 Å². The molecule has 120 valence electrons. The summed E-state index contributed by atoms with van der Waals surface area (Å²) >= 11 is 0. The number of aliphatic hydroxyl groups excluding tert-OH is 1. The van der Waals surface area contributed by atoms with E-state index in [9.17, 15) is 13.5 Å². The molecule has 1 aliphatic rings. The Bertz CT molecular complexity index is 652. The first-order chi connectivity index (χ1) is 10.5. The first-order valence-corrected chi connectivity index (χ1v) is 9.19. The molecule has 1 fully saturated rings. The molecule has 0 unspecified atom stereocenters. The minimum absolute atomic E-state index is 0.0321. The van der Waals surface area contributed by atoms with Crippen LogP contribution in [0, 0.1) is 17.2 Å². The summed E-state index contributed by atoms with van der Waals surface area (Å²) in [4.78, 5) is 2.34. The van der Waals surface area contributed by atoms with Gasteiger partial charge in [0, 0.05) is 25.7 Å². The molecule has 22 heavy (non-hydrogen) atoms. The molecule has 0 radical (unpaired) electrons. The zero-order chi connectivity index (χ0) is 16.2. The van der Waals surface area contributed by atoms with Crippen LogP contribution < -0.4 is 0 Å². The van der Waals surface area contributed by atoms with E-state index < -0.39 is 9.84 Å². The van der Waals surface area contributed by atoms with Gasteiger partial charge >= 0.3 is 0 Å². The van der Waals surface area contributed by atoms with E-state index in [1.807, 2.05) is 6.07 Å². The van der Waals surface area contributed by atoms with Crippen molar-refractivity contribution in [3.05, 3.63) is 29.8 Å². The van der Waals surface area contributed by atoms with Crippen LogP contribution in [-0.2, 0) is 9.84 Å². The summed E-state index contributed by atoms with van der Waals surface area (Å²) in [5, 5.41) is 18.2. The molecule has 2 atom stereocenters. The Hall–Kier alpha value is -1.42. The Morgan fingerprint density at radius 3 is 2.86 bits per heavy atom. The van der Waals surface area contributed by atoms with E-state index in [4.69, 9.17) is 5.26 Å². The molecular formula is C16H22N2O3S. The summed E-state index contributed by atoms with van der Waals surface area (Å²) in [5.41, 5.74) is 0.354. The first kappa shape index (κ1) is 16.9. The first-order valence-electron chi connectivity index (χ1n) is 7.54. The fourth-order valence-electron chi connectivity index (χ4n) is 2.84. The van der Waals surface area contributed by atoms with Crippen molar-refractivity contribution in [1.82, 2.24) is 4.90 Å². The lowest BCUT2D eigenvalue weighted by Crippen LogP contribution is -2.44. The second-order valence-corrected chi connectivity index (χ2v) is 8.04. The van der Waals surface area contributed by atoms with Gasteiger partial charge in [0.05, 0.1) is 22.3 Å². The van der Waals surface area contributed by atoms with Gasteiger partial charge in [0.1, 0.15) is 0 Å². The minimum atomic E-state index is -3.40. The van der Waals surface area contributed by atoms with Gasteiger partial charge in [-0.25, -0.2) is 8.42 Å². The minimum Gasteiger partial charge on any atom is -0.396 e. The SMILES string of the molecule is C[C@@H]1CC[C@@H](CO)CN1CCS(=O)(=O)c1cccc(C#N)c1. The number of hydrogen-bond acceptors (Lipinski definition) is 5. The van der Waals surface area contributed by atoms with Crippen LogP contribution >= 0.6 is 0 Å². The lowest BCUT2D eigenvalue weighted by atomic mass is 9.94. The zero-order valence-corrected chi connectivity index (χ0v) is 13.6. The molecule has 1 saturated heterocycles. The van der Waals surface area contributed by atoms with Gasteiger partial charge in [-0.2, -0.15) is 5.26 Å². The fraction of sp³-hybridized carbons (Fsp3) is 0.562. The number of hydrogen-bond donors (Lipinski definition) is 1. The molecule has 0 bridgehead atoms. The second kappa shape index (κ2) is 7.23. The molecule has 1 aromatic rings. The van der Waals surface area contributed by atoms with Crippen molar-refractivity contribution in [1.29, 1.82) is 5.26 Å². The molecule has 5 nitrogen and oxygen atoms in total. The van der Waals surface area contributed by atoms with Crippen molar-refractivity contribution in [3.8, 4) is 6.07 Å². The number of nitrogens with zero attached hydrogens (tertiary/aromatic N) is 2. The van der Waals surface area contributed by atoms with Crippen LogP contribution in [0.4, 0.5) is 0 Å². The lowest BCUT2D eigenvalue weighted by Gasteiger charge is -2.37. The monoisotopic (exact) mass is 322 g/mol. The van der Waals surface area contributed by atoms with Gasteiger partial charge in [-0.1, -0.05) is 6.07 Å². The lowest BCUT2D eigenvalue weighted by molar-refractivity contribution is 0.0879. The highest BCUT2D eigenvalue weighted by Crippen LogP contribution is 2.22. The Labute approximate surface area is 132 Å².